The van der Waals surface area contributed by atoms with Crippen LogP contribution in [0.25, 0.3) is 0 Å². The fraction of sp³-hybridized carbons (Fsp3) is 0.526. The molecule has 2 nitrogen and oxygen atoms in total. The van der Waals surface area contributed by atoms with E-state index < -0.39 is 0 Å². The fourth-order valence-corrected chi connectivity index (χ4v) is 2.75. The molecule has 0 aromatic heterocycles. The third-order valence-corrected chi connectivity index (χ3v) is 3.99. The molecule has 2 unspecified atom stereocenters. The number of methoxy groups -OCH3 is 1. The maximum absolute atomic E-state index is 12.2. The van der Waals surface area contributed by atoms with Gasteiger partial charge in [0.1, 0.15) is 0 Å². The van der Waals surface area contributed by atoms with Gasteiger partial charge in [-0.3, -0.25) is 4.79 Å². The molecule has 0 aliphatic heterocycles. The summed E-state index contributed by atoms with van der Waals surface area (Å²) in [7, 11) is 1.46. The predicted molar refractivity (Wildman–Crippen MR) is 88.3 cm³/mol. The molecule has 0 saturated heterocycles. The highest BCUT2D eigenvalue weighted by molar-refractivity contribution is 5.78. The summed E-state index contributed by atoms with van der Waals surface area (Å²) in [4.78, 5) is 12.2. The standard InChI is InChI=1S/C19H28O2/c1-4-6-7-8-10-13-16(5-2)18(19(20)21-3)17-14-11-9-12-15-17/h5,9,11-12,14-16,18H,2,4,6-8,10,13H2,1,3H3. The molecule has 0 amide bonds. The zero-order valence-corrected chi connectivity index (χ0v) is 13.4. The van der Waals surface area contributed by atoms with Gasteiger partial charge in [-0.15, -0.1) is 6.58 Å². The van der Waals surface area contributed by atoms with Gasteiger partial charge < -0.3 is 4.74 Å². The number of rotatable bonds is 10. The van der Waals surface area contributed by atoms with Gasteiger partial charge >= 0.3 is 5.97 Å². The topological polar surface area (TPSA) is 26.3 Å². The molecule has 0 aliphatic rings. The first-order chi connectivity index (χ1) is 10.2. The third-order valence-electron chi connectivity index (χ3n) is 3.99. The maximum atomic E-state index is 12.2. The molecule has 0 saturated carbocycles. The molecule has 0 N–H and O–H groups in total. The van der Waals surface area contributed by atoms with Crippen molar-refractivity contribution in [3.63, 3.8) is 0 Å². The lowest BCUT2D eigenvalue weighted by Gasteiger charge is -2.23. The molecule has 0 bridgehead atoms. The van der Waals surface area contributed by atoms with Crippen LogP contribution in [0.5, 0.6) is 0 Å². The number of carbonyl (C=O) groups excluding carboxylic acids is 1. The zero-order chi connectivity index (χ0) is 15.5. The maximum Gasteiger partial charge on any atom is 0.313 e. The third kappa shape index (κ3) is 5.74. The van der Waals surface area contributed by atoms with E-state index in [0.29, 0.717) is 0 Å². The molecule has 116 valence electrons. The second kappa shape index (κ2) is 10.2. The van der Waals surface area contributed by atoms with Crippen molar-refractivity contribution in [1.29, 1.82) is 0 Å². The minimum atomic E-state index is -0.236. The molecule has 0 aliphatic carbocycles. The van der Waals surface area contributed by atoms with Gasteiger partial charge in [-0.25, -0.2) is 0 Å². The second-order valence-electron chi connectivity index (χ2n) is 5.51. The first kappa shape index (κ1) is 17.5. The van der Waals surface area contributed by atoms with E-state index in [1.807, 2.05) is 36.4 Å². The van der Waals surface area contributed by atoms with E-state index in [-0.39, 0.29) is 17.8 Å². The van der Waals surface area contributed by atoms with Gasteiger partial charge in [0.25, 0.3) is 0 Å². The van der Waals surface area contributed by atoms with Crippen molar-refractivity contribution in [1.82, 2.24) is 0 Å². The number of hydrogen-bond donors (Lipinski definition) is 0. The molecule has 2 heteroatoms. The molecule has 2 atom stereocenters. The zero-order valence-electron chi connectivity index (χ0n) is 13.4. The van der Waals surface area contributed by atoms with Crippen molar-refractivity contribution in [3.05, 3.63) is 48.6 Å². The number of hydrogen-bond acceptors (Lipinski definition) is 2. The Kier molecular flexibility index (Phi) is 8.49. The highest BCUT2D eigenvalue weighted by Gasteiger charge is 2.28. The van der Waals surface area contributed by atoms with Crippen molar-refractivity contribution in [2.75, 3.05) is 7.11 Å². The van der Waals surface area contributed by atoms with Crippen LogP contribution in [-0.4, -0.2) is 13.1 Å². The van der Waals surface area contributed by atoms with Crippen LogP contribution in [0.4, 0.5) is 0 Å². The highest BCUT2D eigenvalue weighted by atomic mass is 16.5. The van der Waals surface area contributed by atoms with Gasteiger partial charge in [0.05, 0.1) is 13.0 Å². The summed E-state index contributed by atoms with van der Waals surface area (Å²) in [5, 5.41) is 0. The van der Waals surface area contributed by atoms with Crippen LogP contribution in [0.1, 0.15) is 56.9 Å². The van der Waals surface area contributed by atoms with E-state index >= 15 is 0 Å². The van der Waals surface area contributed by atoms with Crippen LogP contribution in [-0.2, 0) is 9.53 Å². The van der Waals surface area contributed by atoms with E-state index in [9.17, 15) is 4.79 Å². The van der Waals surface area contributed by atoms with Gasteiger partial charge in [-0.1, -0.05) is 75.4 Å². The first-order valence-electron chi connectivity index (χ1n) is 7.99. The number of esters is 1. The lowest BCUT2D eigenvalue weighted by atomic mass is 9.82. The minimum Gasteiger partial charge on any atom is -0.469 e. The molecule has 1 rings (SSSR count). The molecular weight excluding hydrogens is 260 g/mol. The summed E-state index contributed by atoms with van der Waals surface area (Å²) in [6.45, 7) is 6.15. The highest BCUT2D eigenvalue weighted by Crippen LogP contribution is 2.31. The molecule has 21 heavy (non-hydrogen) atoms. The van der Waals surface area contributed by atoms with Crippen molar-refractivity contribution >= 4 is 5.97 Å². The monoisotopic (exact) mass is 288 g/mol. The van der Waals surface area contributed by atoms with Crippen LogP contribution < -0.4 is 0 Å². The Morgan fingerprint density at radius 3 is 2.43 bits per heavy atom. The van der Waals surface area contributed by atoms with Crippen molar-refractivity contribution in [3.8, 4) is 0 Å². The van der Waals surface area contributed by atoms with E-state index in [4.69, 9.17) is 4.74 Å². The van der Waals surface area contributed by atoms with E-state index in [1.165, 1.54) is 32.8 Å². The quantitative estimate of drug-likeness (QED) is 0.340. The molecule has 0 radical (unpaired) electrons. The number of carbonyl (C=O) groups is 1. The summed E-state index contributed by atoms with van der Waals surface area (Å²) < 4.78 is 5.01. The number of allylic oxidation sites excluding steroid dienone is 1. The normalized spacial score (nSPS) is 13.4. The first-order valence-corrected chi connectivity index (χ1v) is 7.99. The van der Waals surface area contributed by atoms with Gasteiger partial charge in [0.2, 0.25) is 0 Å². The Hall–Kier alpha value is -1.57. The van der Waals surface area contributed by atoms with E-state index in [1.54, 1.807) is 0 Å². The molecule has 0 fully saturated rings. The summed E-state index contributed by atoms with van der Waals surface area (Å²) in [5.41, 5.74) is 1.02. The summed E-state index contributed by atoms with van der Waals surface area (Å²) in [6, 6.07) is 9.88. The Morgan fingerprint density at radius 1 is 1.19 bits per heavy atom. The van der Waals surface area contributed by atoms with Gasteiger partial charge in [-0.05, 0) is 17.9 Å². The SMILES string of the molecule is C=CC(CCCCCCC)C(C(=O)OC)c1ccccc1. The lowest BCUT2D eigenvalue weighted by Crippen LogP contribution is -2.22. The Bertz CT molecular complexity index is 411. The fourth-order valence-electron chi connectivity index (χ4n) is 2.75. The van der Waals surface area contributed by atoms with Gasteiger partial charge in [0.15, 0.2) is 0 Å². The molecular formula is C19H28O2. The molecule has 1 aromatic rings. The number of ether oxygens (including phenoxy) is 1. The minimum absolute atomic E-state index is 0.140. The van der Waals surface area contributed by atoms with Crippen molar-refractivity contribution in [2.24, 2.45) is 5.92 Å². The Morgan fingerprint density at radius 2 is 1.86 bits per heavy atom. The van der Waals surface area contributed by atoms with Crippen LogP contribution >= 0.6 is 0 Å². The van der Waals surface area contributed by atoms with Crippen molar-refractivity contribution < 1.29 is 9.53 Å². The number of benzene rings is 1. The molecule has 0 spiro atoms. The summed E-state index contributed by atoms with van der Waals surface area (Å²) >= 11 is 0. The average Bonchev–Trinajstić information content (AvgIpc) is 2.54. The smallest absolute Gasteiger partial charge is 0.313 e. The van der Waals surface area contributed by atoms with Crippen LogP contribution in [0.15, 0.2) is 43.0 Å². The van der Waals surface area contributed by atoms with Crippen LogP contribution in [0.2, 0.25) is 0 Å². The molecule has 1 aromatic carbocycles. The van der Waals surface area contributed by atoms with E-state index in [0.717, 1.165) is 18.4 Å². The second-order valence-corrected chi connectivity index (χ2v) is 5.51. The van der Waals surface area contributed by atoms with Crippen LogP contribution in [0.3, 0.4) is 0 Å². The largest absolute Gasteiger partial charge is 0.469 e. The van der Waals surface area contributed by atoms with Crippen LogP contribution in [0, 0.1) is 5.92 Å². The summed E-state index contributed by atoms with van der Waals surface area (Å²) in [5.74, 6) is -0.263. The lowest BCUT2D eigenvalue weighted by molar-refractivity contribution is -0.143. The van der Waals surface area contributed by atoms with Gasteiger partial charge in [-0.2, -0.15) is 0 Å². The van der Waals surface area contributed by atoms with Gasteiger partial charge in [0, 0.05) is 0 Å². The van der Waals surface area contributed by atoms with E-state index in [2.05, 4.69) is 13.5 Å². The van der Waals surface area contributed by atoms with Crippen molar-refractivity contribution in [2.45, 2.75) is 51.4 Å². The summed E-state index contributed by atoms with van der Waals surface area (Å²) in [6.07, 6.45) is 9.07. The Labute approximate surface area is 129 Å². The average molecular weight is 288 g/mol. The molecule has 0 heterocycles. The Balaban J connectivity index is 2.71. The number of unbranched alkanes of at least 4 members (excludes halogenated alkanes) is 4. The predicted octanol–water partition coefficient (Wildman–Crippen LogP) is 5.11.